The molecule has 0 radical (unpaired) electrons. The van der Waals surface area contributed by atoms with E-state index in [1.807, 2.05) is 0 Å². The largest absolute Gasteiger partial charge is 0.460 e. The third kappa shape index (κ3) is 6.93. The Morgan fingerprint density at radius 3 is 2.50 bits per heavy atom. The molecule has 0 saturated carbocycles. The van der Waals surface area contributed by atoms with Crippen LogP contribution in [0.5, 0.6) is 0 Å². The predicted octanol–water partition coefficient (Wildman–Crippen LogP) is 1.31. The maximum atomic E-state index is 11.6. The third-order valence-corrected chi connectivity index (χ3v) is 3.56. The second-order valence-electron chi connectivity index (χ2n) is 5.89. The molecule has 0 aromatic heterocycles. The number of nitrogens with one attached hydrogen (secondary N) is 1. The van der Waals surface area contributed by atoms with E-state index in [4.69, 9.17) is 4.74 Å². The Morgan fingerprint density at radius 2 is 1.95 bits per heavy atom. The fraction of sp³-hybridized carbons (Fsp3) is 0.714. The lowest BCUT2D eigenvalue weighted by Crippen LogP contribution is -2.34. The van der Waals surface area contributed by atoms with Crippen LogP contribution >= 0.6 is 11.8 Å². The smallest absolute Gasteiger partial charge is 0.306 e. The summed E-state index contributed by atoms with van der Waals surface area (Å²) in [5, 5.41) is 2.35. The molecule has 3 amide bonds. The Labute approximate surface area is 134 Å². The molecule has 0 aliphatic carbocycles. The lowest BCUT2D eigenvalue weighted by molar-refractivity contribution is -0.155. The lowest BCUT2D eigenvalue weighted by Gasteiger charge is -2.19. The Morgan fingerprint density at radius 1 is 1.27 bits per heavy atom. The molecule has 0 aromatic rings. The van der Waals surface area contributed by atoms with Gasteiger partial charge in [0.1, 0.15) is 5.60 Å². The molecule has 1 saturated heterocycles. The van der Waals surface area contributed by atoms with Gasteiger partial charge in [-0.15, -0.1) is 0 Å². The van der Waals surface area contributed by atoms with Crippen molar-refractivity contribution in [2.24, 2.45) is 0 Å². The second kappa shape index (κ2) is 8.17. The van der Waals surface area contributed by atoms with Crippen molar-refractivity contribution in [3.8, 4) is 0 Å². The van der Waals surface area contributed by atoms with E-state index in [0.717, 1.165) is 16.7 Å². The molecule has 0 aromatic carbocycles. The number of esters is 1. The fourth-order valence-electron chi connectivity index (χ4n) is 1.75. The van der Waals surface area contributed by atoms with E-state index in [-0.39, 0.29) is 48.2 Å². The minimum absolute atomic E-state index is 0.0739. The van der Waals surface area contributed by atoms with Gasteiger partial charge in [0.15, 0.2) is 0 Å². The quantitative estimate of drug-likeness (QED) is 0.559. The minimum Gasteiger partial charge on any atom is -0.460 e. The molecule has 1 aliphatic rings. The highest BCUT2D eigenvalue weighted by Gasteiger charge is 2.29. The number of carbonyl (C=O) groups excluding carboxylic acids is 4. The number of thioether (sulfide) groups is 1. The Hall–Kier alpha value is -1.57. The third-order valence-electron chi connectivity index (χ3n) is 2.70. The van der Waals surface area contributed by atoms with Crippen LogP contribution in [0.15, 0.2) is 0 Å². The van der Waals surface area contributed by atoms with E-state index in [1.54, 1.807) is 20.8 Å². The van der Waals surface area contributed by atoms with Crippen LogP contribution in [0.3, 0.4) is 0 Å². The molecular formula is C14H22N2O5S. The highest BCUT2D eigenvalue weighted by atomic mass is 32.2. The molecule has 1 aliphatic heterocycles. The monoisotopic (exact) mass is 330 g/mol. The second-order valence-corrected chi connectivity index (χ2v) is 6.82. The summed E-state index contributed by atoms with van der Waals surface area (Å²) in [5.41, 5.74) is -0.507. The summed E-state index contributed by atoms with van der Waals surface area (Å²) in [6, 6.07) is 0. The van der Waals surface area contributed by atoms with Gasteiger partial charge in [-0.2, -0.15) is 0 Å². The van der Waals surface area contributed by atoms with Crippen molar-refractivity contribution in [1.29, 1.82) is 0 Å². The summed E-state index contributed by atoms with van der Waals surface area (Å²) in [5.74, 6) is -0.655. The van der Waals surface area contributed by atoms with Crippen LogP contribution in [0.25, 0.3) is 0 Å². The first-order chi connectivity index (χ1) is 10.2. The molecule has 0 spiro atoms. The Balaban J connectivity index is 2.12. The summed E-state index contributed by atoms with van der Waals surface area (Å²) in [6.45, 7) is 5.85. The van der Waals surface area contributed by atoms with Crippen LogP contribution in [0.2, 0.25) is 0 Å². The van der Waals surface area contributed by atoms with Gasteiger partial charge in [-0.25, -0.2) is 0 Å². The fourth-order valence-corrected chi connectivity index (χ4v) is 2.50. The van der Waals surface area contributed by atoms with Crippen LogP contribution in [-0.4, -0.2) is 52.4 Å². The van der Waals surface area contributed by atoms with Crippen LogP contribution in [-0.2, 0) is 19.1 Å². The van der Waals surface area contributed by atoms with Crippen molar-refractivity contribution in [2.75, 3.05) is 18.8 Å². The normalized spacial score (nSPS) is 15.1. The summed E-state index contributed by atoms with van der Waals surface area (Å²) in [6.07, 6.45) is 0.792. The molecule has 0 bridgehead atoms. The first-order valence-corrected chi connectivity index (χ1v) is 8.13. The van der Waals surface area contributed by atoms with Crippen molar-refractivity contribution >= 4 is 34.8 Å². The maximum Gasteiger partial charge on any atom is 0.306 e. The zero-order chi connectivity index (χ0) is 16.8. The van der Waals surface area contributed by atoms with E-state index in [1.165, 1.54) is 0 Å². The first kappa shape index (κ1) is 18.5. The topological polar surface area (TPSA) is 92.8 Å². The Kier molecular flexibility index (Phi) is 6.86. The SMILES string of the molecule is CC(C)(C)OC(=O)CCCNC(=O)CCN1C(=O)CSC1=O. The molecule has 7 nitrogen and oxygen atoms in total. The number of hydrogen-bond acceptors (Lipinski definition) is 6. The van der Waals surface area contributed by atoms with E-state index in [9.17, 15) is 19.2 Å². The van der Waals surface area contributed by atoms with Gasteiger partial charge in [-0.3, -0.25) is 24.1 Å². The van der Waals surface area contributed by atoms with Crippen LogP contribution < -0.4 is 5.32 Å². The Bertz CT molecular complexity index is 443. The van der Waals surface area contributed by atoms with Gasteiger partial charge >= 0.3 is 5.97 Å². The van der Waals surface area contributed by atoms with Crippen molar-refractivity contribution in [2.45, 2.75) is 45.6 Å². The van der Waals surface area contributed by atoms with Gasteiger partial charge in [-0.05, 0) is 27.2 Å². The van der Waals surface area contributed by atoms with Crippen LogP contribution in [0.4, 0.5) is 4.79 Å². The maximum absolute atomic E-state index is 11.6. The van der Waals surface area contributed by atoms with E-state index < -0.39 is 5.60 Å². The summed E-state index contributed by atoms with van der Waals surface area (Å²) in [7, 11) is 0. The molecule has 0 unspecified atom stereocenters. The van der Waals surface area contributed by atoms with Gasteiger partial charge in [0.05, 0.1) is 5.75 Å². The van der Waals surface area contributed by atoms with Crippen LogP contribution in [0.1, 0.15) is 40.0 Å². The highest BCUT2D eigenvalue weighted by molar-refractivity contribution is 8.14. The number of ether oxygens (including phenoxy) is 1. The lowest BCUT2D eigenvalue weighted by atomic mass is 10.2. The summed E-state index contributed by atoms with van der Waals surface area (Å²) in [4.78, 5) is 46.8. The van der Waals surface area contributed by atoms with E-state index >= 15 is 0 Å². The van der Waals surface area contributed by atoms with Gasteiger partial charge in [0.2, 0.25) is 11.8 Å². The molecule has 1 rings (SSSR count). The van der Waals surface area contributed by atoms with Crippen molar-refractivity contribution in [3.05, 3.63) is 0 Å². The molecule has 124 valence electrons. The molecule has 1 heterocycles. The molecule has 8 heteroatoms. The zero-order valence-corrected chi connectivity index (χ0v) is 14.0. The van der Waals surface area contributed by atoms with Crippen molar-refractivity contribution in [3.63, 3.8) is 0 Å². The highest BCUT2D eigenvalue weighted by Crippen LogP contribution is 2.18. The number of carbonyl (C=O) groups is 4. The number of amides is 3. The summed E-state index contributed by atoms with van der Waals surface area (Å²) >= 11 is 0.949. The van der Waals surface area contributed by atoms with Gasteiger partial charge in [-0.1, -0.05) is 11.8 Å². The van der Waals surface area contributed by atoms with Gasteiger partial charge < -0.3 is 10.1 Å². The van der Waals surface area contributed by atoms with Crippen molar-refractivity contribution < 1.29 is 23.9 Å². The number of imide groups is 1. The first-order valence-electron chi connectivity index (χ1n) is 7.15. The average molecular weight is 330 g/mol. The standard InChI is InChI=1S/C14H22N2O5S/c1-14(2,3)21-12(19)5-4-7-15-10(17)6-8-16-11(18)9-22-13(16)20/h4-9H2,1-3H3,(H,15,17). The molecule has 1 N–H and O–H groups in total. The predicted molar refractivity (Wildman–Crippen MR) is 82.3 cm³/mol. The van der Waals surface area contributed by atoms with Gasteiger partial charge in [0.25, 0.3) is 5.24 Å². The number of rotatable bonds is 7. The molecule has 22 heavy (non-hydrogen) atoms. The van der Waals surface area contributed by atoms with Gasteiger partial charge in [0, 0.05) is 25.9 Å². The summed E-state index contributed by atoms with van der Waals surface area (Å²) < 4.78 is 5.15. The van der Waals surface area contributed by atoms with E-state index in [0.29, 0.717) is 13.0 Å². The zero-order valence-electron chi connectivity index (χ0n) is 13.1. The van der Waals surface area contributed by atoms with E-state index in [2.05, 4.69) is 5.32 Å². The van der Waals surface area contributed by atoms with Crippen molar-refractivity contribution in [1.82, 2.24) is 10.2 Å². The minimum atomic E-state index is -0.507. The number of hydrogen-bond donors (Lipinski definition) is 1. The molecule has 1 fully saturated rings. The van der Waals surface area contributed by atoms with Crippen LogP contribution in [0, 0.1) is 0 Å². The number of nitrogens with zero attached hydrogens (tertiary/aromatic N) is 1. The molecular weight excluding hydrogens is 308 g/mol. The average Bonchev–Trinajstić information content (AvgIpc) is 2.70. The molecule has 0 atom stereocenters.